The minimum Gasteiger partial charge on any atom is -0.383 e. The minimum atomic E-state index is -3.91. The van der Waals surface area contributed by atoms with Crippen LogP contribution < -0.4 is 10.5 Å². The summed E-state index contributed by atoms with van der Waals surface area (Å²) in [5, 5.41) is 14.8. The van der Waals surface area contributed by atoms with Gasteiger partial charge in [-0.2, -0.15) is 10.4 Å². The zero-order chi connectivity index (χ0) is 14.0. The average Bonchev–Trinajstić information content (AvgIpc) is 2.79. The van der Waals surface area contributed by atoms with E-state index in [0.717, 1.165) is 6.20 Å². The smallest absolute Gasteiger partial charge is 0.267 e. The molecule has 0 aliphatic heterocycles. The molecule has 2 aromatic rings. The molecule has 0 saturated carbocycles. The lowest BCUT2D eigenvalue weighted by molar-refractivity contribution is 0.601. The van der Waals surface area contributed by atoms with Gasteiger partial charge in [0.2, 0.25) is 0 Å². The van der Waals surface area contributed by atoms with Crippen molar-refractivity contribution >= 4 is 33.1 Å². The number of anilines is 2. The van der Waals surface area contributed by atoms with E-state index in [4.69, 9.17) is 22.6 Å². The Morgan fingerprint density at radius 2 is 2.21 bits per heavy atom. The first-order valence-corrected chi connectivity index (χ1v) is 6.81. The number of sulfonamides is 1. The molecule has 0 bridgehead atoms. The van der Waals surface area contributed by atoms with Crippen LogP contribution in [-0.4, -0.2) is 18.6 Å². The second kappa shape index (κ2) is 4.79. The molecule has 19 heavy (non-hydrogen) atoms. The van der Waals surface area contributed by atoms with E-state index in [0.29, 0.717) is 0 Å². The molecule has 1 aromatic heterocycles. The molecule has 1 aromatic carbocycles. The Kier molecular flexibility index (Phi) is 3.33. The Morgan fingerprint density at radius 1 is 1.47 bits per heavy atom. The number of aromatic nitrogens is 2. The number of nitrogens with two attached hydrogens (primary N) is 1. The third kappa shape index (κ3) is 2.62. The molecular weight excluding hydrogens is 290 g/mol. The van der Waals surface area contributed by atoms with Crippen LogP contribution >= 0.6 is 11.6 Å². The van der Waals surface area contributed by atoms with Gasteiger partial charge in [-0.15, -0.1) is 0 Å². The number of nitrogen functional groups attached to an aromatic ring is 1. The summed E-state index contributed by atoms with van der Waals surface area (Å²) in [6, 6.07) is 6.13. The maximum Gasteiger partial charge on any atom is 0.267 e. The zero-order valence-corrected chi connectivity index (χ0v) is 11.0. The number of hydrogen-bond donors (Lipinski definition) is 3. The molecule has 0 spiro atoms. The van der Waals surface area contributed by atoms with Gasteiger partial charge in [0.15, 0.2) is 0 Å². The molecule has 0 aliphatic carbocycles. The largest absolute Gasteiger partial charge is 0.383 e. The summed E-state index contributed by atoms with van der Waals surface area (Å²) in [7, 11) is -3.91. The predicted molar refractivity (Wildman–Crippen MR) is 70.0 cm³/mol. The molecule has 0 saturated heterocycles. The van der Waals surface area contributed by atoms with E-state index in [1.807, 2.05) is 6.07 Å². The van der Waals surface area contributed by atoms with Gasteiger partial charge in [0, 0.05) is 0 Å². The molecular formula is C10H8ClN5O2S. The molecule has 0 amide bonds. The van der Waals surface area contributed by atoms with Gasteiger partial charge in [0.1, 0.15) is 10.7 Å². The van der Waals surface area contributed by atoms with Gasteiger partial charge < -0.3 is 5.73 Å². The van der Waals surface area contributed by atoms with E-state index in [-0.39, 0.29) is 27.0 Å². The number of halogens is 1. The predicted octanol–water partition coefficient (Wildman–Crippen LogP) is 1.32. The third-order valence-corrected chi connectivity index (χ3v) is 3.98. The van der Waals surface area contributed by atoms with Gasteiger partial charge in [0.05, 0.1) is 28.5 Å². The highest BCUT2D eigenvalue weighted by Crippen LogP contribution is 2.26. The van der Waals surface area contributed by atoms with E-state index < -0.39 is 10.0 Å². The summed E-state index contributed by atoms with van der Waals surface area (Å²) in [5.41, 5.74) is 5.83. The Labute approximate surface area is 114 Å². The van der Waals surface area contributed by atoms with Crippen molar-refractivity contribution in [2.75, 3.05) is 10.5 Å². The number of aromatic amines is 1. The standard InChI is InChI=1S/C10H8ClN5O2S/c11-7-2-1-6(4-12)3-8(7)16-19(17,18)9-5-14-15-10(9)13/h1-3,5,16H,(H3,13,14,15). The van der Waals surface area contributed by atoms with E-state index in [1.165, 1.54) is 18.2 Å². The maximum atomic E-state index is 12.0. The van der Waals surface area contributed by atoms with Gasteiger partial charge in [-0.25, -0.2) is 8.42 Å². The van der Waals surface area contributed by atoms with Crippen molar-refractivity contribution in [1.82, 2.24) is 10.2 Å². The minimum absolute atomic E-state index is 0.0833. The number of nitriles is 1. The van der Waals surface area contributed by atoms with Crippen LogP contribution in [0.3, 0.4) is 0 Å². The fourth-order valence-electron chi connectivity index (χ4n) is 1.37. The van der Waals surface area contributed by atoms with E-state index >= 15 is 0 Å². The molecule has 9 heteroatoms. The fraction of sp³-hybridized carbons (Fsp3) is 0. The molecule has 7 nitrogen and oxygen atoms in total. The van der Waals surface area contributed by atoms with Crippen LogP contribution in [0.25, 0.3) is 0 Å². The first-order chi connectivity index (χ1) is 8.94. The fourth-order valence-corrected chi connectivity index (χ4v) is 2.69. The molecule has 0 atom stereocenters. The molecule has 1 heterocycles. The van der Waals surface area contributed by atoms with E-state index in [2.05, 4.69) is 14.9 Å². The van der Waals surface area contributed by atoms with Crippen molar-refractivity contribution in [3.8, 4) is 6.07 Å². The first-order valence-electron chi connectivity index (χ1n) is 4.95. The summed E-state index contributed by atoms with van der Waals surface area (Å²) >= 11 is 5.87. The quantitative estimate of drug-likeness (QED) is 0.788. The molecule has 4 N–H and O–H groups in total. The van der Waals surface area contributed by atoms with Crippen LogP contribution in [0.2, 0.25) is 5.02 Å². The zero-order valence-electron chi connectivity index (χ0n) is 9.38. The number of hydrogen-bond acceptors (Lipinski definition) is 5. The number of benzene rings is 1. The summed E-state index contributed by atoms with van der Waals surface area (Å²) in [6.07, 6.45) is 1.08. The molecule has 0 unspecified atom stereocenters. The van der Waals surface area contributed by atoms with E-state index in [1.54, 1.807) is 0 Å². The molecule has 98 valence electrons. The highest BCUT2D eigenvalue weighted by molar-refractivity contribution is 7.92. The van der Waals surface area contributed by atoms with Crippen LogP contribution in [0, 0.1) is 11.3 Å². The number of rotatable bonds is 3. The Hall–Kier alpha value is -2.24. The SMILES string of the molecule is N#Cc1ccc(Cl)c(NS(=O)(=O)c2cn[nH]c2N)c1. The number of H-pyrrole nitrogens is 1. The van der Waals surface area contributed by atoms with Gasteiger partial charge in [-0.05, 0) is 18.2 Å². The van der Waals surface area contributed by atoms with Crippen molar-refractivity contribution in [3.63, 3.8) is 0 Å². The van der Waals surface area contributed by atoms with Crippen molar-refractivity contribution in [1.29, 1.82) is 5.26 Å². The van der Waals surface area contributed by atoms with Crippen LogP contribution in [0.1, 0.15) is 5.56 Å². The maximum absolute atomic E-state index is 12.0. The average molecular weight is 298 g/mol. The molecule has 0 aliphatic rings. The lowest BCUT2D eigenvalue weighted by atomic mass is 10.2. The summed E-state index contributed by atoms with van der Waals surface area (Å²) in [4.78, 5) is -0.189. The highest BCUT2D eigenvalue weighted by Gasteiger charge is 2.20. The molecule has 2 rings (SSSR count). The Morgan fingerprint density at radius 3 is 2.79 bits per heavy atom. The third-order valence-electron chi connectivity index (χ3n) is 2.26. The lowest BCUT2D eigenvalue weighted by Crippen LogP contribution is -2.14. The molecule has 0 fully saturated rings. The van der Waals surface area contributed by atoms with Gasteiger partial charge >= 0.3 is 0 Å². The van der Waals surface area contributed by atoms with E-state index in [9.17, 15) is 8.42 Å². The molecule has 0 radical (unpaired) electrons. The van der Waals surface area contributed by atoms with Crippen LogP contribution in [0.4, 0.5) is 11.5 Å². The second-order valence-corrected chi connectivity index (χ2v) is 5.62. The Bertz CT molecular complexity index is 762. The van der Waals surface area contributed by atoms with Crippen molar-refractivity contribution in [2.24, 2.45) is 0 Å². The van der Waals surface area contributed by atoms with Gasteiger partial charge in [0.25, 0.3) is 10.0 Å². The van der Waals surface area contributed by atoms with Gasteiger partial charge in [-0.3, -0.25) is 9.82 Å². The highest BCUT2D eigenvalue weighted by atomic mass is 35.5. The van der Waals surface area contributed by atoms with Crippen molar-refractivity contribution in [3.05, 3.63) is 35.0 Å². The summed E-state index contributed by atoms with van der Waals surface area (Å²) in [6.45, 7) is 0. The normalized spacial score (nSPS) is 10.9. The monoisotopic (exact) mass is 297 g/mol. The Balaban J connectivity index is 2.42. The first kappa shape index (κ1) is 13.2. The van der Waals surface area contributed by atoms with Crippen LogP contribution in [-0.2, 0) is 10.0 Å². The lowest BCUT2D eigenvalue weighted by Gasteiger charge is -2.08. The van der Waals surface area contributed by atoms with Crippen molar-refractivity contribution < 1.29 is 8.42 Å². The number of nitrogens with zero attached hydrogens (tertiary/aromatic N) is 2. The van der Waals surface area contributed by atoms with Crippen LogP contribution in [0.5, 0.6) is 0 Å². The van der Waals surface area contributed by atoms with Gasteiger partial charge in [-0.1, -0.05) is 11.6 Å². The number of nitrogens with one attached hydrogen (secondary N) is 2. The topological polar surface area (TPSA) is 125 Å². The van der Waals surface area contributed by atoms with Crippen LogP contribution in [0.15, 0.2) is 29.3 Å². The van der Waals surface area contributed by atoms with Crippen molar-refractivity contribution in [2.45, 2.75) is 4.90 Å². The summed E-state index contributed by atoms with van der Waals surface area (Å²) < 4.78 is 26.3. The second-order valence-electron chi connectivity index (χ2n) is 3.56. The summed E-state index contributed by atoms with van der Waals surface area (Å²) in [5.74, 6) is -0.0833.